The molecule has 7 heteroatoms. The zero-order chi connectivity index (χ0) is 12.3. The minimum Gasteiger partial charge on any atom is -0.406 e. The van der Waals surface area contributed by atoms with Crippen molar-refractivity contribution in [1.29, 1.82) is 0 Å². The van der Waals surface area contributed by atoms with Crippen LogP contribution in [-0.4, -0.2) is 18.1 Å². The predicted molar refractivity (Wildman–Crippen MR) is 59.9 cm³/mol. The first-order valence-corrected chi connectivity index (χ1v) is 5.33. The Balaban J connectivity index is 2.91. The molecule has 0 aliphatic carbocycles. The van der Waals surface area contributed by atoms with Crippen LogP contribution in [-0.2, 0) is 0 Å². The van der Waals surface area contributed by atoms with E-state index in [2.05, 4.69) is 4.74 Å². The normalized spacial score (nSPS) is 13.6. The van der Waals surface area contributed by atoms with Crippen LogP contribution in [0.5, 0.6) is 5.75 Å². The minimum absolute atomic E-state index is 0.268. The average Bonchev–Trinajstić information content (AvgIpc) is 2.14. The molecule has 90 valence electrons. The Kier molecular flexibility index (Phi) is 4.39. The van der Waals surface area contributed by atoms with E-state index in [9.17, 15) is 13.2 Å². The summed E-state index contributed by atoms with van der Waals surface area (Å²) in [5.74, 6) is -0.300. The number of benzene rings is 1. The van der Waals surface area contributed by atoms with Gasteiger partial charge in [-0.05, 0) is 40.3 Å². The molecule has 0 fully saturated rings. The molecule has 16 heavy (non-hydrogen) atoms. The Morgan fingerprint density at radius 3 is 2.50 bits per heavy atom. The molecule has 1 rings (SSSR count). The SMILES string of the molecule is N[C@H](CO)c1ccc(OC(F)(F)F)cc1I. The number of hydrogen-bond donors (Lipinski definition) is 2. The van der Waals surface area contributed by atoms with Gasteiger partial charge in [0.15, 0.2) is 0 Å². The molecule has 0 amide bonds. The highest BCUT2D eigenvalue weighted by molar-refractivity contribution is 14.1. The maximum absolute atomic E-state index is 11.9. The van der Waals surface area contributed by atoms with Gasteiger partial charge in [-0.1, -0.05) is 6.07 Å². The lowest BCUT2D eigenvalue weighted by Gasteiger charge is -2.13. The molecule has 0 bridgehead atoms. The first-order valence-electron chi connectivity index (χ1n) is 4.25. The van der Waals surface area contributed by atoms with Crippen molar-refractivity contribution in [3.05, 3.63) is 27.3 Å². The average molecular weight is 347 g/mol. The van der Waals surface area contributed by atoms with Crippen molar-refractivity contribution < 1.29 is 23.0 Å². The number of hydrogen-bond acceptors (Lipinski definition) is 3. The molecule has 0 aliphatic rings. The number of aliphatic hydroxyl groups excluding tert-OH is 1. The summed E-state index contributed by atoms with van der Waals surface area (Å²) >= 11 is 1.84. The third-order valence-corrected chi connectivity index (χ3v) is 2.74. The molecular weight excluding hydrogens is 338 g/mol. The molecule has 1 atom stereocenters. The van der Waals surface area contributed by atoms with Gasteiger partial charge in [0.05, 0.1) is 12.6 Å². The smallest absolute Gasteiger partial charge is 0.406 e. The van der Waals surface area contributed by atoms with Crippen molar-refractivity contribution >= 4 is 22.6 Å². The number of alkyl halides is 3. The lowest BCUT2D eigenvalue weighted by Crippen LogP contribution is -2.18. The summed E-state index contributed by atoms with van der Waals surface area (Å²) in [4.78, 5) is 0. The van der Waals surface area contributed by atoms with Crippen LogP contribution >= 0.6 is 22.6 Å². The maximum Gasteiger partial charge on any atom is 0.573 e. The van der Waals surface area contributed by atoms with Crippen LogP contribution in [0.3, 0.4) is 0 Å². The largest absolute Gasteiger partial charge is 0.573 e. The lowest BCUT2D eigenvalue weighted by molar-refractivity contribution is -0.274. The summed E-state index contributed by atoms with van der Waals surface area (Å²) < 4.78 is 40.0. The highest BCUT2D eigenvalue weighted by Gasteiger charge is 2.31. The van der Waals surface area contributed by atoms with Crippen molar-refractivity contribution in [1.82, 2.24) is 0 Å². The molecule has 0 saturated heterocycles. The van der Waals surface area contributed by atoms with Gasteiger partial charge in [0, 0.05) is 3.57 Å². The molecule has 0 radical (unpaired) electrons. The van der Waals surface area contributed by atoms with Gasteiger partial charge < -0.3 is 15.6 Å². The number of halogens is 4. The fraction of sp³-hybridized carbons (Fsp3) is 0.333. The topological polar surface area (TPSA) is 55.5 Å². The molecule has 0 aromatic heterocycles. The molecule has 0 aliphatic heterocycles. The lowest BCUT2D eigenvalue weighted by atomic mass is 10.1. The zero-order valence-corrected chi connectivity index (χ0v) is 10.1. The number of rotatable bonds is 3. The second kappa shape index (κ2) is 5.19. The number of aliphatic hydroxyl groups is 1. The van der Waals surface area contributed by atoms with E-state index in [0.29, 0.717) is 9.13 Å². The van der Waals surface area contributed by atoms with Crippen LogP contribution in [0.25, 0.3) is 0 Å². The van der Waals surface area contributed by atoms with Crippen molar-refractivity contribution in [2.45, 2.75) is 12.4 Å². The highest BCUT2D eigenvalue weighted by Crippen LogP contribution is 2.27. The fourth-order valence-corrected chi connectivity index (χ4v) is 1.99. The summed E-state index contributed by atoms with van der Waals surface area (Å²) in [5.41, 5.74) is 6.14. The predicted octanol–water partition coefficient (Wildman–Crippen LogP) is 2.18. The summed E-state index contributed by atoms with van der Waals surface area (Å²) in [7, 11) is 0. The first-order chi connectivity index (χ1) is 7.33. The number of ether oxygens (including phenoxy) is 1. The maximum atomic E-state index is 11.9. The Morgan fingerprint density at radius 2 is 2.06 bits per heavy atom. The van der Waals surface area contributed by atoms with Gasteiger partial charge in [-0.3, -0.25) is 0 Å². The van der Waals surface area contributed by atoms with Gasteiger partial charge in [-0.2, -0.15) is 0 Å². The monoisotopic (exact) mass is 347 g/mol. The van der Waals surface area contributed by atoms with E-state index in [1.165, 1.54) is 18.2 Å². The van der Waals surface area contributed by atoms with Crippen LogP contribution < -0.4 is 10.5 Å². The molecule has 0 heterocycles. The van der Waals surface area contributed by atoms with Gasteiger partial charge in [0.25, 0.3) is 0 Å². The van der Waals surface area contributed by atoms with E-state index < -0.39 is 12.4 Å². The Labute approximate surface area is 104 Å². The molecule has 0 saturated carbocycles. The summed E-state index contributed by atoms with van der Waals surface area (Å²) in [6.07, 6.45) is -4.70. The Bertz CT molecular complexity index is 370. The van der Waals surface area contributed by atoms with Crippen molar-refractivity contribution in [2.24, 2.45) is 5.73 Å². The van der Waals surface area contributed by atoms with Crippen molar-refractivity contribution in [2.75, 3.05) is 6.61 Å². The van der Waals surface area contributed by atoms with E-state index in [1.54, 1.807) is 0 Å². The second-order valence-electron chi connectivity index (χ2n) is 3.02. The molecular formula is C9H9F3INO2. The summed E-state index contributed by atoms with van der Waals surface area (Å²) in [6, 6.07) is 3.19. The Hall–Kier alpha value is -0.540. The molecule has 0 spiro atoms. The van der Waals surface area contributed by atoms with Gasteiger partial charge in [-0.25, -0.2) is 0 Å². The van der Waals surface area contributed by atoms with Crippen molar-refractivity contribution in [3.8, 4) is 5.75 Å². The van der Waals surface area contributed by atoms with E-state index in [0.717, 1.165) is 0 Å². The van der Waals surface area contributed by atoms with E-state index in [-0.39, 0.29) is 12.4 Å². The molecule has 1 aromatic rings. The number of nitrogens with two attached hydrogens (primary N) is 1. The first kappa shape index (κ1) is 13.5. The van der Waals surface area contributed by atoms with Crippen LogP contribution in [0, 0.1) is 3.57 Å². The standard InChI is InChI=1S/C9H9F3INO2/c10-9(11,12)16-5-1-2-6(7(13)3-5)8(14)4-15/h1-3,8,15H,4,14H2/t8-/m1/s1. The van der Waals surface area contributed by atoms with Crippen molar-refractivity contribution in [3.63, 3.8) is 0 Å². The van der Waals surface area contributed by atoms with E-state index in [4.69, 9.17) is 10.8 Å². The van der Waals surface area contributed by atoms with Gasteiger partial charge in [-0.15, -0.1) is 13.2 Å². The minimum atomic E-state index is -4.70. The third kappa shape index (κ3) is 3.80. The molecule has 3 nitrogen and oxygen atoms in total. The van der Waals surface area contributed by atoms with E-state index in [1.807, 2.05) is 22.6 Å². The third-order valence-electron chi connectivity index (χ3n) is 1.80. The van der Waals surface area contributed by atoms with Gasteiger partial charge in [0.2, 0.25) is 0 Å². The van der Waals surface area contributed by atoms with Crippen LogP contribution in [0.4, 0.5) is 13.2 Å². The van der Waals surface area contributed by atoms with E-state index >= 15 is 0 Å². The highest BCUT2D eigenvalue weighted by atomic mass is 127. The molecule has 0 unspecified atom stereocenters. The van der Waals surface area contributed by atoms with Crippen LogP contribution in [0.1, 0.15) is 11.6 Å². The van der Waals surface area contributed by atoms with Crippen LogP contribution in [0.15, 0.2) is 18.2 Å². The second-order valence-corrected chi connectivity index (χ2v) is 4.18. The quantitative estimate of drug-likeness (QED) is 0.825. The summed E-state index contributed by atoms with van der Waals surface area (Å²) in [6.45, 7) is -0.268. The van der Waals surface area contributed by atoms with Crippen LogP contribution in [0.2, 0.25) is 0 Å². The molecule has 3 N–H and O–H groups in total. The summed E-state index contributed by atoms with van der Waals surface area (Å²) in [5, 5.41) is 8.83. The zero-order valence-electron chi connectivity index (χ0n) is 7.96. The molecule has 1 aromatic carbocycles. The van der Waals surface area contributed by atoms with Gasteiger partial charge >= 0.3 is 6.36 Å². The Morgan fingerprint density at radius 1 is 1.44 bits per heavy atom. The van der Waals surface area contributed by atoms with Gasteiger partial charge in [0.1, 0.15) is 5.75 Å². The fourth-order valence-electron chi connectivity index (χ4n) is 1.10.